The molecule has 1 unspecified atom stereocenters. The van der Waals surface area contributed by atoms with Crippen LogP contribution < -0.4 is 5.32 Å². The van der Waals surface area contributed by atoms with Gasteiger partial charge in [0.25, 0.3) is 0 Å². The lowest BCUT2D eigenvalue weighted by molar-refractivity contribution is 0.0657. The average molecular weight is 242 g/mol. The minimum atomic E-state index is 0.662. The van der Waals surface area contributed by atoms with Gasteiger partial charge in [0.05, 0.1) is 0 Å². The Kier molecular flexibility index (Phi) is 7.09. The number of rotatable bonds is 7. The summed E-state index contributed by atoms with van der Waals surface area (Å²) in [6, 6.07) is 0.662. The molecule has 1 heterocycles. The van der Waals surface area contributed by atoms with Crippen LogP contribution in [0.2, 0.25) is 0 Å². The molecule has 0 aliphatic carbocycles. The van der Waals surface area contributed by atoms with E-state index in [1.807, 2.05) is 0 Å². The van der Waals surface area contributed by atoms with E-state index < -0.39 is 0 Å². The molecule has 102 valence electrons. The Morgan fingerprint density at radius 2 is 1.88 bits per heavy atom. The first-order valence-electron chi connectivity index (χ1n) is 7.04. The van der Waals surface area contributed by atoms with Crippen LogP contribution in [0.5, 0.6) is 0 Å². The van der Waals surface area contributed by atoms with Gasteiger partial charge in [-0.3, -0.25) is 0 Å². The first kappa shape index (κ1) is 14.9. The lowest BCUT2D eigenvalue weighted by Gasteiger charge is -2.28. The molecule has 3 nitrogen and oxygen atoms in total. The summed E-state index contributed by atoms with van der Waals surface area (Å²) in [4.78, 5) is 2.34. The summed E-state index contributed by atoms with van der Waals surface area (Å²) in [5.41, 5.74) is 0. The number of likely N-dealkylation sites (N-methyl/N-ethyl adjacent to an activating group) is 1. The quantitative estimate of drug-likeness (QED) is 0.739. The molecule has 0 aromatic heterocycles. The summed E-state index contributed by atoms with van der Waals surface area (Å²) in [6.07, 6.45) is 3.72. The van der Waals surface area contributed by atoms with Crippen LogP contribution >= 0.6 is 0 Å². The van der Waals surface area contributed by atoms with Crippen LogP contribution in [0.1, 0.15) is 33.1 Å². The van der Waals surface area contributed by atoms with Crippen molar-refractivity contribution in [1.82, 2.24) is 10.2 Å². The number of nitrogens with one attached hydrogen (secondary N) is 1. The highest BCUT2D eigenvalue weighted by molar-refractivity contribution is 4.73. The zero-order valence-corrected chi connectivity index (χ0v) is 12.0. The van der Waals surface area contributed by atoms with Crippen molar-refractivity contribution >= 4 is 0 Å². The molecule has 0 radical (unpaired) electrons. The Balaban J connectivity index is 2.17. The van der Waals surface area contributed by atoms with Crippen LogP contribution in [0, 0.1) is 11.8 Å². The van der Waals surface area contributed by atoms with Crippen molar-refractivity contribution in [3.63, 3.8) is 0 Å². The minimum absolute atomic E-state index is 0.662. The van der Waals surface area contributed by atoms with E-state index in [4.69, 9.17) is 4.74 Å². The molecular weight excluding hydrogens is 212 g/mol. The van der Waals surface area contributed by atoms with Crippen LogP contribution in [-0.2, 0) is 4.74 Å². The summed E-state index contributed by atoms with van der Waals surface area (Å²) in [6.45, 7) is 8.78. The molecule has 0 aromatic carbocycles. The van der Waals surface area contributed by atoms with Gasteiger partial charge in [-0.2, -0.15) is 0 Å². The van der Waals surface area contributed by atoms with Gasteiger partial charge in [0, 0.05) is 25.8 Å². The zero-order valence-electron chi connectivity index (χ0n) is 12.0. The maximum absolute atomic E-state index is 5.38. The molecule has 1 fully saturated rings. The van der Waals surface area contributed by atoms with Gasteiger partial charge in [-0.1, -0.05) is 13.8 Å². The zero-order chi connectivity index (χ0) is 12.7. The number of ether oxygens (including phenoxy) is 1. The molecule has 1 N–H and O–H groups in total. The van der Waals surface area contributed by atoms with Crippen molar-refractivity contribution in [1.29, 1.82) is 0 Å². The van der Waals surface area contributed by atoms with Gasteiger partial charge in [0.15, 0.2) is 0 Å². The molecule has 0 amide bonds. The number of hydrogen-bond donors (Lipinski definition) is 1. The minimum Gasteiger partial charge on any atom is -0.381 e. The van der Waals surface area contributed by atoms with Gasteiger partial charge in [-0.15, -0.1) is 0 Å². The molecule has 0 saturated carbocycles. The Labute approximate surface area is 107 Å². The summed E-state index contributed by atoms with van der Waals surface area (Å²) in [7, 11) is 4.37. The van der Waals surface area contributed by atoms with Crippen molar-refractivity contribution in [3.05, 3.63) is 0 Å². The molecule has 17 heavy (non-hydrogen) atoms. The fraction of sp³-hybridized carbons (Fsp3) is 1.00. The summed E-state index contributed by atoms with van der Waals surface area (Å²) < 4.78 is 5.38. The maximum atomic E-state index is 5.38. The van der Waals surface area contributed by atoms with E-state index >= 15 is 0 Å². The van der Waals surface area contributed by atoms with Crippen LogP contribution in [0.15, 0.2) is 0 Å². The standard InChI is InChI=1S/C14H30N2O/c1-12(2)9-14(16(3)4)11-15-10-13-5-7-17-8-6-13/h12-15H,5-11H2,1-4H3. The third kappa shape index (κ3) is 6.39. The van der Waals surface area contributed by atoms with Crippen LogP contribution in [0.25, 0.3) is 0 Å². The Hall–Kier alpha value is -0.120. The summed E-state index contributed by atoms with van der Waals surface area (Å²) in [5, 5.41) is 3.64. The first-order chi connectivity index (χ1) is 8.09. The van der Waals surface area contributed by atoms with E-state index in [1.54, 1.807) is 0 Å². The van der Waals surface area contributed by atoms with E-state index in [2.05, 4.69) is 38.2 Å². The molecule has 1 aliphatic heterocycles. The largest absolute Gasteiger partial charge is 0.381 e. The molecule has 1 saturated heterocycles. The van der Waals surface area contributed by atoms with Crippen LogP contribution in [-0.4, -0.2) is 51.3 Å². The van der Waals surface area contributed by atoms with Crippen molar-refractivity contribution in [2.24, 2.45) is 11.8 Å². The molecule has 0 aromatic rings. The Morgan fingerprint density at radius 1 is 1.24 bits per heavy atom. The van der Waals surface area contributed by atoms with Gasteiger partial charge in [-0.05, 0) is 51.7 Å². The van der Waals surface area contributed by atoms with Crippen molar-refractivity contribution < 1.29 is 4.74 Å². The number of hydrogen-bond acceptors (Lipinski definition) is 3. The topological polar surface area (TPSA) is 24.5 Å². The van der Waals surface area contributed by atoms with E-state index in [9.17, 15) is 0 Å². The summed E-state index contributed by atoms with van der Waals surface area (Å²) in [5.74, 6) is 1.60. The average Bonchev–Trinajstić information content (AvgIpc) is 2.28. The molecule has 1 rings (SSSR count). The van der Waals surface area contributed by atoms with Crippen molar-refractivity contribution in [2.75, 3.05) is 40.4 Å². The molecule has 0 bridgehead atoms. The highest BCUT2D eigenvalue weighted by atomic mass is 16.5. The molecule has 0 spiro atoms. The summed E-state index contributed by atoms with van der Waals surface area (Å²) >= 11 is 0. The van der Waals surface area contributed by atoms with E-state index in [0.29, 0.717) is 6.04 Å². The first-order valence-corrected chi connectivity index (χ1v) is 7.04. The smallest absolute Gasteiger partial charge is 0.0469 e. The van der Waals surface area contributed by atoms with Crippen LogP contribution in [0.3, 0.4) is 0 Å². The highest BCUT2D eigenvalue weighted by Gasteiger charge is 2.16. The predicted octanol–water partition coefficient (Wildman–Crippen LogP) is 1.98. The molecular formula is C14H30N2O. The molecule has 1 aliphatic rings. The van der Waals surface area contributed by atoms with Gasteiger partial charge in [0.2, 0.25) is 0 Å². The maximum Gasteiger partial charge on any atom is 0.0469 e. The van der Waals surface area contributed by atoms with E-state index in [-0.39, 0.29) is 0 Å². The lowest BCUT2D eigenvalue weighted by atomic mass is 9.99. The van der Waals surface area contributed by atoms with Crippen molar-refractivity contribution in [2.45, 2.75) is 39.2 Å². The lowest BCUT2D eigenvalue weighted by Crippen LogP contribution is -2.40. The third-order valence-corrected chi connectivity index (χ3v) is 3.63. The number of nitrogens with zero attached hydrogens (tertiary/aromatic N) is 1. The fourth-order valence-electron chi connectivity index (χ4n) is 2.43. The predicted molar refractivity (Wildman–Crippen MR) is 73.3 cm³/mol. The van der Waals surface area contributed by atoms with Gasteiger partial charge < -0.3 is 15.0 Å². The van der Waals surface area contributed by atoms with Crippen LogP contribution in [0.4, 0.5) is 0 Å². The second-order valence-electron chi connectivity index (χ2n) is 5.96. The SMILES string of the molecule is CC(C)CC(CNCC1CCOCC1)N(C)C. The van der Waals surface area contributed by atoms with Gasteiger partial charge in [-0.25, -0.2) is 0 Å². The van der Waals surface area contributed by atoms with Gasteiger partial charge >= 0.3 is 0 Å². The van der Waals surface area contributed by atoms with Gasteiger partial charge in [0.1, 0.15) is 0 Å². The normalized spacial score (nSPS) is 20.1. The Morgan fingerprint density at radius 3 is 2.41 bits per heavy atom. The van der Waals surface area contributed by atoms with Crippen molar-refractivity contribution in [3.8, 4) is 0 Å². The Bertz CT molecular complexity index is 189. The highest BCUT2D eigenvalue weighted by Crippen LogP contribution is 2.13. The second kappa shape index (κ2) is 8.06. The fourth-order valence-corrected chi connectivity index (χ4v) is 2.43. The third-order valence-electron chi connectivity index (χ3n) is 3.63. The monoisotopic (exact) mass is 242 g/mol. The van der Waals surface area contributed by atoms with E-state index in [1.165, 1.54) is 19.3 Å². The molecule has 1 atom stereocenters. The molecule has 3 heteroatoms. The van der Waals surface area contributed by atoms with E-state index in [0.717, 1.165) is 38.1 Å². The second-order valence-corrected chi connectivity index (χ2v) is 5.96.